The Morgan fingerprint density at radius 1 is 1.52 bits per heavy atom. The Kier molecular flexibility index (Phi) is 4.12. The maximum atomic E-state index is 12.4. The summed E-state index contributed by atoms with van der Waals surface area (Å²) in [4.78, 5) is 16.8. The fourth-order valence-corrected chi connectivity index (χ4v) is 3.05. The molecule has 1 aliphatic rings. The smallest absolute Gasteiger partial charge is 0.338 e. The standard InChI is InChI=1S/C14H18N6O2S/c1-5-19-9(6-7-15-19)11-10(12(21)22-3)8(2)16-13-17-14(23-4)18-20(11)13/h6-7,11H,5H2,1-4H3,(H,16,17,18). The van der Waals surface area contributed by atoms with Crippen LogP contribution in [0.15, 0.2) is 28.7 Å². The van der Waals surface area contributed by atoms with Crippen molar-refractivity contribution in [1.82, 2.24) is 24.5 Å². The number of esters is 1. The number of carbonyl (C=O) groups excluding carboxylic acids is 1. The lowest BCUT2D eigenvalue weighted by molar-refractivity contribution is -0.136. The van der Waals surface area contributed by atoms with Crippen LogP contribution in [0.1, 0.15) is 25.6 Å². The first-order valence-corrected chi connectivity index (χ1v) is 8.41. The van der Waals surface area contributed by atoms with Gasteiger partial charge in [-0.1, -0.05) is 11.8 Å². The van der Waals surface area contributed by atoms with Crippen LogP contribution in [0.2, 0.25) is 0 Å². The first-order valence-electron chi connectivity index (χ1n) is 7.19. The van der Waals surface area contributed by atoms with Crippen molar-refractivity contribution in [3.63, 3.8) is 0 Å². The predicted molar refractivity (Wildman–Crippen MR) is 86.2 cm³/mol. The zero-order chi connectivity index (χ0) is 16.6. The molecule has 3 rings (SSSR count). The summed E-state index contributed by atoms with van der Waals surface area (Å²) >= 11 is 1.45. The van der Waals surface area contributed by atoms with Crippen molar-refractivity contribution in [3.8, 4) is 0 Å². The zero-order valence-electron chi connectivity index (χ0n) is 13.4. The van der Waals surface area contributed by atoms with Crippen molar-refractivity contribution in [2.75, 3.05) is 18.7 Å². The number of thioether (sulfide) groups is 1. The van der Waals surface area contributed by atoms with Gasteiger partial charge in [0.2, 0.25) is 11.1 Å². The average molecular weight is 334 g/mol. The molecule has 0 saturated heterocycles. The summed E-state index contributed by atoms with van der Waals surface area (Å²) in [6.07, 6.45) is 3.63. The highest BCUT2D eigenvalue weighted by molar-refractivity contribution is 7.98. The summed E-state index contributed by atoms with van der Waals surface area (Å²) in [5.41, 5.74) is 2.08. The molecule has 1 aliphatic heterocycles. The van der Waals surface area contributed by atoms with Gasteiger partial charge in [-0.2, -0.15) is 10.1 Å². The number of hydrogen-bond donors (Lipinski definition) is 1. The number of ether oxygens (including phenoxy) is 1. The molecule has 0 saturated carbocycles. The van der Waals surface area contributed by atoms with E-state index in [1.54, 1.807) is 10.9 Å². The number of rotatable bonds is 4. The molecule has 0 aromatic carbocycles. The van der Waals surface area contributed by atoms with E-state index < -0.39 is 12.0 Å². The molecule has 122 valence electrons. The van der Waals surface area contributed by atoms with E-state index in [2.05, 4.69) is 20.5 Å². The quantitative estimate of drug-likeness (QED) is 0.672. The van der Waals surface area contributed by atoms with Gasteiger partial charge in [0.1, 0.15) is 6.04 Å². The van der Waals surface area contributed by atoms with Gasteiger partial charge in [0.05, 0.1) is 18.4 Å². The molecule has 0 fully saturated rings. The molecule has 3 heterocycles. The normalized spacial score (nSPS) is 17.0. The highest BCUT2D eigenvalue weighted by Gasteiger charge is 2.36. The zero-order valence-corrected chi connectivity index (χ0v) is 14.2. The Hall–Kier alpha value is -2.29. The van der Waals surface area contributed by atoms with Crippen LogP contribution in [0.5, 0.6) is 0 Å². The molecular formula is C14H18N6O2S. The number of carbonyl (C=O) groups is 1. The van der Waals surface area contributed by atoms with E-state index in [4.69, 9.17) is 4.74 Å². The number of nitrogens with zero attached hydrogens (tertiary/aromatic N) is 5. The van der Waals surface area contributed by atoms with Crippen molar-refractivity contribution in [2.45, 2.75) is 31.6 Å². The van der Waals surface area contributed by atoms with E-state index in [0.717, 1.165) is 5.69 Å². The van der Waals surface area contributed by atoms with Gasteiger partial charge in [-0.25, -0.2) is 9.48 Å². The van der Waals surface area contributed by atoms with Gasteiger partial charge in [0.15, 0.2) is 0 Å². The molecule has 8 nitrogen and oxygen atoms in total. The fraction of sp³-hybridized carbons (Fsp3) is 0.429. The van der Waals surface area contributed by atoms with E-state index in [9.17, 15) is 4.79 Å². The second-order valence-corrected chi connectivity index (χ2v) is 5.77. The number of aromatic nitrogens is 5. The molecule has 0 aliphatic carbocycles. The van der Waals surface area contributed by atoms with Gasteiger partial charge in [0.25, 0.3) is 0 Å². The summed E-state index contributed by atoms with van der Waals surface area (Å²) in [7, 11) is 1.38. The maximum Gasteiger partial charge on any atom is 0.338 e. The van der Waals surface area contributed by atoms with E-state index in [1.165, 1.54) is 18.9 Å². The summed E-state index contributed by atoms with van der Waals surface area (Å²) in [5, 5.41) is 12.6. The topological polar surface area (TPSA) is 86.9 Å². The molecule has 1 N–H and O–H groups in total. The van der Waals surface area contributed by atoms with Gasteiger partial charge < -0.3 is 10.1 Å². The van der Waals surface area contributed by atoms with Gasteiger partial charge >= 0.3 is 5.97 Å². The van der Waals surface area contributed by atoms with Crippen LogP contribution in [0.25, 0.3) is 0 Å². The maximum absolute atomic E-state index is 12.4. The molecule has 0 amide bonds. The second kappa shape index (κ2) is 6.07. The molecule has 23 heavy (non-hydrogen) atoms. The van der Waals surface area contributed by atoms with Crippen LogP contribution in [-0.4, -0.2) is 43.9 Å². The number of methoxy groups -OCH3 is 1. The third kappa shape index (κ3) is 2.50. The SMILES string of the molecule is CCn1nccc1C1C(C(=O)OC)=C(C)Nc2nc(SC)nn21. The van der Waals surface area contributed by atoms with Crippen molar-refractivity contribution < 1.29 is 9.53 Å². The highest BCUT2D eigenvalue weighted by atomic mass is 32.2. The van der Waals surface area contributed by atoms with Gasteiger partial charge in [-0.3, -0.25) is 4.68 Å². The Bertz CT molecular complexity index is 778. The van der Waals surface area contributed by atoms with Crippen molar-refractivity contribution in [2.24, 2.45) is 0 Å². The van der Waals surface area contributed by atoms with Crippen LogP contribution < -0.4 is 5.32 Å². The van der Waals surface area contributed by atoms with Gasteiger partial charge in [0, 0.05) is 18.4 Å². The summed E-state index contributed by atoms with van der Waals surface area (Å²) < 4.78 is 8.54. The molecule has 9 heteroatoms. The lowest BCUT2D eigenvalue weighted by atomic mass is 10.0. The van der Waals surface area contributed by atoms with E-state index in [0.29, 0.717) is 28.9 Å². The lowest BCUT2D eigenvalue weighted by Gasteiger charge is -2.27. The van der Waals surface area contributed by atoms with Gasteiger partial charge in [-0.05, 0) is 26.2 Å². The fourth-order valence-electron chi connectivity index (χ4n) is 2.71. The Balaban J connectivity index is 2.21. The minimum Gasteiger partial charge on any atom is -0.466 e. The van der Waals surface area contributed by atoms with Crippen LogP contribution in [0.3, 0.4) is 0 Å². The summed E-state index contributed by atoms with van der Waals surface area (Å²) in [6.45, 7) is 4.53. The van der Waals surface area contributed by atoms with E-state index in [1.807, 2.05) is 30.9 Å². The number of aryl methyl sites for hydroxylation is 1. The monoisotopic (exact) mass is 334 g/mol. The molecule has 0 radical (unpaired) electrons. The van der Waals surface area contributed by atoms with E-state index >= 15 is 0 Å². The molecule has 0 spiro atoms. The predicted octanol–water partition coefficient (Wildman–Crippen LogP) is 1.68. The van der Waals surface area contributed by atoms with E-state index in [-0.39, 0.29) is 0 Å². The first kappa shape index (κ1) is 15.6. The minimum atomic E-state index is -0.422. The molecule has 0 bridgehead atoms. The molecular weight excluding hydrogens is 316 g/mol. The number of hydrogen-bond acceptors (Lipinski definition) is 7. The molecule has 2 aromatic rings. The number of fused-ring (bicyclic) bond motifs is 1. The molecule has 1 atom stereocenters. The third-order valence-corrected chi connectivity index (χ3v) is 4.29. The average Bonchev–Trinajstić information content (AvgIpc) is 3.18. The Morgan fingerprint density at radius 3 is 2.96 bits per heavy atom. The van der Waals surface area contributed by atoms with Crippen LogP contribution in [0.4, 0.5) is 5.95 Å². The Labute approximate surface area is 137 Å². The minimum absolute atomic E-state index is 0.393. The van der Waals surface area contributed by atoms with Crippen LogP contribution >= 0.6 is 11.8 Å². The van der Waals surface area contributed by atoms with Crippen LogP contribution in [-0.2, 0) is 16.1 Å². The van der Waals surface area contributed by atoms with Crippen LogP contribution in [0, 0.1) is 0 Å². The highest BCUT2D eigenvalue weighted by Crippen LogP contribution is 2.36. The van der Waals surface area contributed by atoms with Crippen molar-refractivity contribution in [3.05, 3.63) is 29.2 Å². The summed E-state index contributed by atoms with van der Waals surface area (Å²) in [5.74, 6) is 0.212. The number of allylic oxidation sites excluding steroid dienone is 1. The molecule has 2 aromatic heterocycles. The molecule has 1 unspecified atom stereocenters. The van der Waals surface area contributed by atoms with Crippen molar-refractivity contribution in [1.29, 1.82) is 0 Å². The second-order valence-electron chi connectivity index (χ2n) is 5.00. The Morgan fingerprint density at radius 2 is 2.30 bits per heavy atom. The first-order chi connectivity index (χ1) is 11.1. The number of anilines is 1. The lowest BCUT2D eigenvalue weighted by Crippen LogP contribution is -2.30. The van der Waals surface area contributed by atoms with Crippen molar-refractivity contribution >= 4 is 23.7 Å². The largest absolute Gasteiger partial charge is 0.466 e. The van der Waals surface area contributed by atoms with Gasteiger partial charge in [-0.15, -0.1) is 5.10 Å². The summed E-state index contributed by atoms with van der Waals surface area (Å²) in [6, 6.07) is 1.47. The third-order valence-electron chi connectivity index (χ3n) is 3.75. The number of nitrogens with one attached hydrogen (secondary N) is 1.